The van der Waals surface area contributed by atoms with E-state index in [1.165, 1.54) is 13.2 Å². The Kier molecular flexibility index (Phi) is 9.72. The summed E-state index contributed by atoms with van der Waals surface area (Å²) in [6.45, 7) is 10.3. The Hall–Kier alpha value is -4.05. The third kappa shape index (κ3) is 6.25. The standard InChI is InChI=1S/C28H32N2O7S/c1-7-10-18-11-13-20(22(15-18)34-5)36-16-19-12-14-21(37-19)25(31)29-26-23(28(33)35-6)17(4)24(38-26)27(32)30(8-2)9-3/h7,11-15H,1,8-10,16H2,2-6H3,(H,29,31). The van der Waals surface area contributed by atoms with Gasteiger partial charge in [0.15, 0.2) is 17.3 Å². The zero-order chi connectivity index (χ0) is 27.8. The molecule has 0 aliphatic carbocycles. The van der Waals surface area contributed by atoms with Crippen molar-refractivity contribution < 1.29 is 33.0 Å². The van der Waals surface area contributed by atoms with Crippen LogP contribution in [-0.4, -0.2) is 50.0 Å². The van der Waals surface area contributed by atoms with Gasteiger partial charge in [-0.25, -0.2) is 4.79 Å². The Labute approximate surface area is 226 Å². The highest BCUT2D eigenvalue weighted by atomic mass is 32.1. The van der Waals surface area contributed by atoms with E-state index < -0.39 is 11.9 Å². The molecular weight excluding hydrogens is 508 g/mol. The summed E-state index contributed by atoms with van der Waals surface area (Å²) in [6, 6.07) is 8.74. The Morgan fingerprint density at radius 3 is 2.47 bits per heavy atom. The lowest BCUT2D eigenvalue weighted by molar-refractivity contribution is 0.0601. The Bertz CT molecular complexity index is 1320. The van der Waals surface area contributed by atoms with Crippen molar-refractivity contribution in [1.29, 1.82) is 0 Å². The molecule has 0 atom stereocenters. The van der Waals surface area contributed by atoms with E-state index in [9.17, 15) is 14.4 Å². The maximum Gasteiger partial charge on any atom is 0.341 e. The molecule has 10 heteroatoms. The Balaban J connectivity index is 1.77. The number of furan rings is 1. The first-order valence-electron chi connectivity index (χ1n) is 12.1. The van der Waals surface area contributed by atoms with Gasteiger partial charge in [-0.3, -0.25) is 9.59 Å². The minimum atomic E-state index is -0.644. The van der Waals surface area contributed by atoms with Gasteiger partial charge in [-0.1, -0.05) is 12.1 Å². The van der Waals surface area contributed by atoms with Gasteiger partial charge in [-0.15, -0.1) is 17.9 Å². The summed E-state index contributed by atoms with van der Waals surface area (Å²) in [6.07, 6.45) is 2.51. The fourth-order valence-corrected chi connectivity index (χ4v) is 4.98. The predicted molar refractivity (Wildman–Crippen MR) is 146 cm³/mol. The SMILES string of the molecule is C=CCc1ccc(OCc2ccc(C(=O)Nc3sc(C(=O)N(CC)CC)c(C)c3C(=O)OC)o2)c(OC)c1. The van der Waals surface area contributed by atoms with Crippen molar-refractivity contribution in [3.8, 4) is 11.5 Å². The Morgan fingerprint density at radius 2 is 1.84 bits per heavy atom. The largest absolute Gasteiger partial charge is 0.493 e. The van der Waals surface area contributed by atoms with Crippen LogP contribution in [0.1, 0.15) is 61.3 Å². The molecule has 2 heterocycles. The van der Waals surface area contributed by atoms with Gasteiger partial charge in [0.1, 0.15) is 17.4 Å². The molecule has 0 saturated carbocycles. The maximum absolute atomic E-state index is 13.0. The van der Waals surface area contributed by atoms with Crippen LogP contribution in [0.15, 0.2) is 47.4 Å². The lowest BCUT2D eigenvalue weighted by atomic mass is 10.1. The van der Waals surface area contributed by atoms with E-state index in [0.29, 0.717) is 47.2 Å². The summed E-state index contributed by atoms with van der Waals surface area (Å²) in [7, 11) is 2.81. The number of anilines is 1. The second kappa shape index (κ2) is 13.0. The number of hydrogen-bond donors (Lipinski definition) is 1. The molecule has 2 amide bonds. The molecule has 1 aromatic carbocycles. The first-order valence-corrected chi connectivity index (χ1v) is 12.9. The molecular formula is C28H32N2O7S. The Morgan fingerprint density at radius 1 is 1.11 bits per heavy atom. The van der Waals surface area contributed by atoms with Crippen LogP contribution in [0.2, 0.25) is 0 Å². The van der Waals surface area contributed by atoms with E-state index in [2.05, 4.69) is 11.9 Å². The number of esters is 1. The summed E-state index contributed by atoms with van der Waals surface area (Å²) >= 11 is 1.03. The molecule has 0 fully saturated rings. The van der Waals surface area contributed by atoms with Crippen LogP contribution < -0.4 is 14.8 Å². The molecule has 0 spiro atoms. The van der Waals surface area contributed by atoms with Gasteiger partial charge in [0.25, 0.3) is 11.8 Å². The van der Waals surface area contributed by atoms with Crippen LogP contribution in [0.4, 0.5) is 5.00 Å². The van der Waals surface area contributed by atoms with Crippen LogP contribution in [0, 0.1) is 6.92 Å². The summed E-state index contributed by atoms with van der Waals surface area (Å²) in [5.74, 6) is 0.117. The van der Waals surface area contributed by atoms with E-state index in [0.717, 1.165) is 16.9 Å². The molecule has 0 aliphatic heterocycles. The summed E-state index contributed by atoms with van der Waals surface area (Å²) < 4.78 is 21.8. The van der Waals surface area contributed by atoms with E-state index in [1.54, 1.807) is 37.1 Å². The van der Waals surface area contributed by atoms with Gasteiger partial charge in [0.05, 0.1) is 24.7 Å². The first kappa shape index (κ1) is 28.5. The molecule has 9 nitrogen and oxygen atoms in total. The summed E-state index contributed by atoms with van der Waals surface area (Å²) in [5, 5.41) is 2.92. The first-order chi connectivity index (χ1) is 18.3. The number of benzene rings is 1. The van der Waals surface area contributed by atoms with Crippen molar-refractivity contribution in [3.05, 3.63) is 76.1 Å². The average Bonchev–Trinajstić information content (AvgIpc) is 3.52. The third-order valence-electron chi connectivity index (χ3n) is 5.87. The number of hydrogen-bond acceptors (Lipinski definition) is 8. The monoisotopic (exact) mass is 540 g/mol. The van der Waals surface area contributed by atoms with Crippen molar-refractivity contribution >= 4 is 34.1 Å². The number of carbonyl (C=O) groups excluding carboxylic acids is 3. The van der Waals surface area contributed by atoms with Crippen LogP contribution >= 0.6 is 11.3 Å². The van der Waals surface area contributed by atoms with Crippen molar-refractivity contribution in [2.24, 2.45) is 0 Å². The maximum atomic E-state index is 13.0. The van der Waals surface area contributed by atoms with E-state index in [4.69, 9.17) is 18.6 Å². The number of allylic oxidation sites excluding steroid dienone is 1. The average molecular weight is 541 g/mol. The lowest BCUT2D eigenvalue weighted by Gasteiger charge is -2.17. The number of methoxy groups -OCH3 is 2. The fraction of sp³-hybridized carbons (Fsp3) is 0.321. The van der Waals surface area contributed by atoms with Gasteiger partial charge in [-0.2, -0.15) is 0 Å². The van der Waals surface area contributed by atoms with Crippen LogP contribution in [-0.2, 0) is 17.8 Å². The quantitative estimate of drug-likeness (QED) is 0.239. The zero-order valence-electron chi connectivity index (χ0n) is 22.2. The summed E-state index contributed by atoms with van der Waals surface area (Å²) in [5.41, 5.74) is 1.64. The topological polar surface area (TPSA) is 107 Å². The smallest absolute Gasteiger partial charge is 0.341 e. The van der Waals surface area contributed by atoms with E-state index in [1.807, 2.05) is 26.0 Å². The second-order valence-corrected chi connectivity index (χ2v) is 9.24. The molecule has 202 valence electrons. The molecule has 0 radical (unpaired) electrons. The highest BCUT2D eigenvalue weighted by Crippen LogP contribution is 2.35. The highest BCUT2D eigenvalue weighted by Gasteiger charge is 2.28. The van der Waals surface area contributed by atoms with Gasteiger partial charge in [-0.05, 0) is 62.6 Å². The number of nitrogens with zero attached hydrogens (tertiary/aromatic N) is 1. The third-order valence-corrected chi connectivity index (χ3v) is 7.07. The predicted octanol–water partition coefficient (Wildman–Crippen LogP) is 5.49. The molecule has 0 bridgehead atoms. The van der Waals surface area contributed by atoms with Crippen LogP contribution in [0.5, 0.6) is 11.5 Å². The van der Waals surface area contributed by atoms with Gasteiger partial charge >= 0.3 is 5.97 Å². The normalized spacial score (nSPS) is 10.6. The van der Waals surface area contributed by atoms with Crippen molar-refractivity contribution in [3.63, 3.8) is 0 Å². The minimum Gasteiger partial charge on any atom is -0.493 e. The van der Waals surface area contributed by atoms with Crippen molar-refractivity contribution in [2.75, 3.05) is 32.6 Å². The van der Waals surface area contributed by atoms with Gasteiger partial charge in [0, 0.05) is 13.1 Å². The second-order valence-electron chi connectivity index (χ2n) is 8.22. The molecule has 0 aliphatic rings. The van der Waals surface area contributed by atoms with Crippen molar-refractivity contribution in [1.82, 2.24) is 4.90 Å². The zero-order valence-corrected chi connectivity index (χ0v) is 23.0. The molecule has 0 unspecified atom stereocenters. The number of carbonyl (C=O) groups is 3. The summed E-state index contributed by atoms with van der Waals surface area (Å²) in [4.78, 5) is 40.5. The minimum absolute atomic E-state index is 0.0235. The molecule has 2 aromatic heterocycles. The van der Waals surface area contributed by atoms with Gasteiger partial charge in [0.2, 0.25) is 0 Å². The lowest BCUT2D eigenvalue weighted by Crippen LogP contribution is -2.30. The molecule has 38 heavy (non-hydrogen) atoms. The van der Waals surface area contributed by atoms with E-state index >= 15 is 0 Å². The molecule has 3 rings (SSSR count). The van der Waals surface area contributed by atoms with Crippen LogP contribution in [0.3, 0.4) is 0 Å². The molecule has 1 N–H and O–H groups in total. The van der Waals surface area contributed by atoms with Crippen LogP contribution in [0.25, 0.3) is 0 Å². The number of nitrogens with one attached hydrogen (secondary N) is 1. The number of amides is 2. The number of ether oxygens (including phenoxy) is 3. The number of thiophene rings is 1. The highest BCUT2D eigenvalue weighted by molar-refractivity contribution is 7.18. The van der Waals surface area contributed by atoms with E-state index in [-0.39, 0.29) is 28.8 Å². The molecule has 0 saturated heterocycles. The molecule has 3 aromatic rings. The fourth-order valence-electron chi connectivity index (χ4n) is 3.82. The van der Waals surface area contributed by atoms with Gasteiger partial charge < -0.3 is 28.8 Å². The number of rotatable bonds is 12. The van der Waals surface area contributed by atoms with Crippen molar-refractivity contribution in [2.45, 2.75) is 33.8 Å².